The van der Waals surface area contributed by atoms with Crippen LogP contribution in [0.25, 0.3) is 11.3 Å². The Morgan fingerprint density at radius 1 is 1.03 bits per heavy atom. The average molecular weight is 414 g/mol. The summed E-state index contributed by atoms with van der Waals surface area (Å²) >= 11 is 0. The minimum atomic E-state index is -3.65. The molecule has 8 nitrogen and oxygen atoms in total. The van der Waals surface area contributed by atoms with E-state index in [1.54, 1.807) is 23.9 Å². The molecule has 1 aliphatic heterocycles. The SMILES string of the molecule is Cc1nn(C(C)C)cc1S(=O)(=O)N1CC(n2nc(-c3ccccc3)ccc2=O)C1. The summed E-state index contributed by atoms with van der Waals surface area (Å²) in [4.78, 5) is 12.5. The fraction of sp³-hybridized carbons (Fsp3) is 0.350. The van der Waals surface area contributed by atoms with Gasteiger partial charge in [0.1, 0.15) is 4.90 Å². The molecule has 1 fully saturated rings. The molecule has 3 aromatic rings. The summed E-state index contributed by atoms with van der Waals surface area (Å²) in [6.07, 6.45) is 1.57. The Balaban J connectivity index is 1.56. The maximum Gasteiger partial charge on any atom is 0.267 e. The van der Waals surface area contributed by atoms with Crippen LogP contribution in [0.2, 0.25) is 0 Å². The van der Waals surface area contributed by atoms with E-state index in [1.165, 1.54) is 15.1 Å². The van der Waals surface area contributed by atoms with Crippen molar-refractivity contribution in [2.24, 2.45) is 0 Å². The molecule has 1 aromatic carbocycles. The van der Waals surface area contributed by atoms with Gasteiger partial charge in [-0.3, -0.25) is 9.48 Å². The molecule has 0 atom stereocenters. The number of aryl methyl sites for hydroxylation is 1. The largest absolute Gasteiger partial charge is 0.269 e. The average Bonchev–Trinajstić information content (AvgIpc) is 3.05. The lowest BCUT2D eigenvalue weighted by molar-refractivity contribution is 0.186. The second-order valence-corrected chi connectivity index (χ2v) is 9.40. The first-order valence-electron chi connectivity index (χ1n) is 9.48. The molecule has 0 N–H and O–H groups in total. The minimum Gasteiger partial charge on any atom is -0.269 e. The Labute approximate surface area is 169 Å². The normalized spacial score (nSPS) is 15.6. The van der Waals surface area contributed by atoms with Crippen LogP contribution in [0.3, 0.4) is 0 Å². The van der Waals surface area contributed by atoms with Gasteiger partial charge in [-0.1, -0.05) is 30.3 Å². The number of sulfonamides is 1. The van der Waals surface area contributed by atoms with Crippen molar-refractivity contribution in [2.75, 3.05) is 13.1 Å². The number of benzene rings is 1. The van der Waals surface area contributed by atoms with Crippen molar-refractivity contribution in [1.82, 2.24) is 23.9 Å². The summed E-state index contributed by atoms with van der Waals surface area (Å²) in [5, 5.41) is 8.76. The van der Waals surface area contributed by atoms with Gasteiger partial charge in [0.05, 0.1) is 17.4 Å². The third kappa shape index (κ3) is 3.51. The summed E-state index contributed by atoms with van der Waals surface area (Å²) < 4.78 is 30.4. The van der Waals surface area contributed by atoms with Gasteiger partial charge in [-0.25, -0.2) is 13.1 Å². The van der Waals surface area contributed by atoms with E-state index in [4.69, 9.17) is 0 Å². The van der Waals surface area contributed by atoms with Crippen LogP contribution in [0.5, 0.6) is 0 Å². The lowest BCUT2D eigenvalue weighted by atomic mass is 10.1. The molecule has 0 aliphatic carbocycles. The quantitative estimate of drug-likeness (QED) is 0.640. The van der Waals surface area contributed by atoms with Crippen molar-refractivity contribution in [1.29, 1.82) is 0 Å². The monoisotopic (exact) mass is 413 g/mol. The first-order chi connectivity index (χ1) is 13.8. The Hall–Kier alpha value is -2.78. The topological polar surface area (TPSA) is 90.1 Å². The van der Waals surface area contributed by atoms with E-state index >= 15 is 0 Å². The standard InChI is InChI=1S/C20H23N5O3S/c1-14(2)24-13-19(15(3)21-24)29(27,28)23-11-17(12-23)25-20(26)10-9-18(22-25)16-7-5-4-6-8-16/h4-10,13-14,17H,11-12H2,1-3H3. The zero-order valence-corrected chi connectivity index (χ0v) is 17.4. The van der Waals surface area contributed by atoms with Crippen LogP contribution in [0.1, 0.15) is 31.6 Å². The van der Waals surface area contributed by atoms with E-state index in [1.807, 2.05) is 44.2 Å². The highest BCUT2D eigenvalue weighted by Gasteiger charge is 2.40. The summed E-state index contributed by atoms with van der Waals surface area (Å²) in [6.45, 7) is 6.00. The lowest BCUT2D eigenvalue weighted by Gasteiger charge is -2.37. The van der Waals surface area contributed by atoms with Gasteiger partial charge in [-0.15, -0.1) is 0 Å². The molecule has 0 spiro atoms. The van der Waals surface area contributed by atoms with Crippen molar-refractivity contribution in [2.45, 2.75) is 37.8 Å². The van der Waals surface area contributed by atoms with Crippen molar-refractivity contribution in [3.8, 4) is 11.3 Å². The lowest BCUT2D eigenvalue weighted by Crippen LogP contribution is -2.53. The maximum absolute atomic E-state index is 13.0. The van der Waals surface area contributed by atoms with Crippen molar-refractivity contribution in [3.63, 3.8) is 0 Å². The molecule has 29 heavy (non-hydrogen) atoms. The van der Waals surface area contributed by atoms with Crippen LogP contribution in [-0.4, -0.2) is 45.4 Å². The van der Waals surface area contributed by atoms with Gasteiger partial charge in [-0.05, 0) is 26.8 Å². The fourth-order valence-electron chi connectivity index (χ4n) is 3.34. The van der Waals surface area contributed by atoms with E-state index in [9.17, 15) is 13.2 Å². The number of nitrogens with zero attached hydrogens (tertiary/aromatic N) is 5. The molecule has 1 saturated heterocycles. The predicted molar refractivity (Wildman–Crippen MR) is 109 cm³/mol. The molecule has 152 valence electrons. The van der Waals surface area contributed by atoms with Crippen molar-refractivity contribution < 1.29 is 8.42 Å². The first-order valence-corrected chi connectivity index (χ1v) is 10.9. The molecule has 3 heterocycles. The summed E-state index contributed by atoms with van der Waals surface area (Å²) in [5.41, 5.74) is 1.82. The van der Waals surface area contributed by atoms with Crippen LogP contribution in [0.4, 0.5) is 0 Å². The third-order valence-electron chi connectivity index (χ3n) is 5.09. The first kappa shape index (κ1) is 19.5. The van der Waals surface area contributed by atoms with E-state index in [0.29, 0.717) is 11.4 Å². The van der Waals surface area contributed by atoms with Crippen LogP contribution in [0, 0.1) is 6.92 Å². The highest BCUT2D eigenvalue weighted by Crippen LogP contribution is 2.29. The number of aromatic nitrogens is 4. The number of rotatable bonds is 5. The zero-order valence-electron chi connectivity index (χ0n) is 16.6. The van der Waals surface area contributed by atoms with Gasteiger partial charge >= 0.3 is 0 Å². The predicted octanol–water partition coefficient (Wildman–Crippen LogP) is 2.24. The molecular weight excluding hydrogens is 390 g/mol. The molecule has 0 amide bonds. The Bertz CT molecular complexity index is 1190. The van der Waals surface area contributed by atoms with Gasteiger partial charge in [-0.2, -0.15) is 14.5 Å². The van der Waals surface area contributed by atoms with E-state index in [2.05, 4.69) is 10.2 Å². The fourth-order valence-corrected chi connectivity index (χ4v) is 5.01. The minimum absolute atomic E-state index is 0.0743. The van der Waals surface area contributed by atoms with Crippen LogP contribution in [-0.2, 0) is 10.0 Å². The van der Waals surface area contributed by atoms with E-state index in [0.717, 1.165) is 5.56 Å². The summed E-state index contributed by atoms with van der Waals surface area (Å²) in [6, 6.07) is 12.5. The highest BCUT2D eigenvalue weighted by molar-refractivity contribution is 7.89. The van der Waals surface area contributed by atoms with Gasteiger partial charge < -0.3 is 0 Å². The molecule has 0 unspecified atom stereocenters. The molecule has 0 bridgehead atoms. The Kier molecular flexibility index (Phi) is 4.87. The second-order valence-electron chi connectivity index (χ2n) is 7.50. The molecule has 4 rings (SSSR count). The van der Waals surface area contributed by atoms with Gasteiger partial charge in [0, 0.05) is 37.0 Å². The molecule has 9 heteroatoms. The summed E-state index contributed by atoms with van der Waals surface area (Å²) in [7, 11) is -3.65. The third-order valence-corrected chi connectivity index (χ3v) is 7.02. The maximum atomic E-state index is 13.0. The van der Waals surface area contributed by atoms with E-state index < -0.39 is 10.0 Å². The molecular formula is C20H23N5O3S. The van der Waals surface area contributed by atoms with Gasteiger partial charge in [0.15, 0.2) is 0 Å². The van der Waals surface area contributed by atoms with Crippen LogP contribution >= 0.6 is 0 Å². The van der Waals surface area contributed by atoms with Gasteiger partial charge in [0.25, 0.3) is 5.56 Å². The highest BCUT2D eigenvalue weighted by atomic mass is 32.2. The molecule has 0 saturated carbocycles. The molecule has 1 aliphatic rings. The van der Waals surface area contributed by atoms with Crippen LogP contribution in [0.15, 0.2) is 58.4 Å². The molecule has 0 radical (unpaired) electrons. The van der Waals surface area contributed by atoms with Crippen molar-refractivity contribution >= 4 is 10.0 Å². The Morgan fingerprint density at radius 3 is 2.34 bits per heavy atom. The second kappa shape index (κ2) is 7.23. The van der Waals surface area contributed by atoms with Crippen molar-refractivity contribution in [3.05, 3.63) is 64.7 Å². The Morgan fingerprint density at radius 2 is 1.72 bits per heavy atom. The number of hydrogen-bond acceptors (Lipinski definition) is 5. The summed E-state index contributed by atoms with van der Waals surface area (Å²) in [5.74, 6) is 0. The molecule has 2 aromatic heterocycles. The number of hydrogen-bond donors (Lipinski definition) is 0. The van der Waals surface area contributed by atoms with Gasteiger partial charge in [0.2, 0.25) is 10.0 Å². The smallest absolute Gasteiger partial charge is 0.267 e. The zero-order chi connectivity index (χ0) is 20.8. The van der Waals surface area contributed by atoms with Crippen LogP contribution < -0.4 is 5.56 Å². The van der Waals surface area contributed by atoms with E-state index in [-0.39, 0.29) is 35.6 Å².